The molecule has 3 aromatic rings. The summed E-state index contributed by atoms with van der Waals surface area (Å²) < 4.78 is 24.1. The molecule has 2 amide bonds. The van der Waals surface area contributed by atoms with Crippen molar-refractivity contribution in [2.75, 3.05) is 17.7 Å². The minimum absolute atomic E-state index is 0.0372. The lowest BCUT2D eigenvalue weighted by atomic mass is 10.1. The maximum Gasteiger partial charge on any atom is 0.277 e. The molecule has 7 nitrogen and oxygen atoms in total. The van der Waals surface area contributed by atoms with Crippen molar-refractivity contribution in [3.05, 3.63) is 60.0 Å². The molecular formula is C19H16FN3O4. The zero-order valence-electron chi connectivity index (χ0n) is 14.6. The summed E-state index contributed by atoms with van der Waals surface area (Å²) in [7, 11) is 1.48. The zero-order valence-corrected chi connectivity index (χ0v) is 14.6. The number of halogens is 1. The van der Waals surface area contributed by atoms with Gasteiger partial charge in [-0.2, -0.15) is 0 Å². The Bertz CT molecular complexity index is 1000. The van der Waals surface area contributed by atoms with Crippen molar-refractivity contribution in [2.24, 2.45) is 0 Å². The van der Waals surface area contributed by atoms with Crippen molar-refractivity contribution < 1.29 is 23.2 Å². The molecule has 1 heterocycles. The molecule has 0 fully saturated rings. The Morgan fingerprint density at radius 3 is 2.56 bits per heavy atom. The Hall–Kier alpha value is -3.68. The predicted molar refractivity (Wildman–Crippen MR) is 97.1 cm³/mol. The van der Waals surface area contributed by atoms with Gasteiger partial charge in [-0.3, -0.25) is 9.59 Å². The normalized spacial score (nSPS) is 10.3. The molecule has 3 rings (SSSR count). The van der Waals surface area contributed by atoms with E-state index in [2.05, 4.69) is 15.8 Å². The Morgan fingerprint density at radius 1 is 1.07 bits per heavy atom. The third-order valence-electron chi connectivity index (χ3n) is 3.67. The van der Waals surface area contributed by atoms with Crippen LogP contribution in [0.2, 0.25) is 0 Å². The number of benzene rings is 2. The van der Waals surface area contributed by atoms with Crippen LogP contribution in [0.5, 0.6) is 5.75 Å². The summed E-state index contributed by atoms with van der Waals surface area (Å²) in [6.45, 7) is 1.36. The minimum atomic E-state index is -0.582. The summed E-state index contributed by atoms with van der Waals surface area (Å²) in [5.41, 5.74) is 0.883. The maximum absolute atomic E-state index is 13.8. The first-order valence-corrected chi connectivity index (χ1v) is 7.96. The van der Waals surface area contributed by atoms with E-state index < -0.39 is 11.7 Å². The van der Waals surface area contributed by atoms with E-state index in [9.17, 15) is 14.0 Å². The first kappa shape index (κ1) is 18.1. The summed E-state index contributed by atoms with van der Waals surface area (Å²) in [6, 6.07) is 12.2. The second-order valence-electron chi connectivity index (χ2n) is 5.60. The average molecular weight is 369 g/mol. The van der Waals surface area contributed by atoms with Crippen molar-refractivity contribution in [3.63, 3.8) is 0 Å². The number of nitrogens with one attached hydrogen (secondary N) is 2. The van der Waals surface area contributed by atoms with E-state index in [1.54, 1.807) is 30.3 Å². The average Bonchev–Trinajstić information content (AvgIpc) is 3.13. The molecule has 27 heavy (non-hydrogen) atoms. The van der Waals surface area contributed by atoms with Gasteiger partial charge in [-0.15, -0.1) is 0 Å². The summed E-state index contributed by atoms with van der Waals surface area (Å²) in [5, 5.41) is 8.94. The molecule has 0 aliphatic rings. The van der Waals surface area contributed by atoms with Gasteiger partial charge in [0, 0.05) is 19.1 Å². The molecule has 0 unspecified atom stereocenters. The number of carbonyl (C=O) groups is 2. The van der Waals surface area contributed by atoms with E-state index in [1.165, 1.54) is 32.2 Å². The van der Waals surface area contributed by atoms with Crippen LogP contribution in [0.15, 0.2) is 53.1 Å². The van der Waals surface area contributed by atoms with Gasteiger partial charge in [-0.1, -0.05) is 17.3 Å². The van der Waals surface area contributed by atoms with Gasteiger partial charge in [0.15, 0.2) is 11.5 Å². The number of rotatable bonds is 5. The van der Waals surface area contributed by atoms with Gasteiger partial charge >= 0.3 is 0 Å². The van der Waals surface area contributed by atoms with Crippen LogP contribution >= 0.6 is 0 Å². The molecule has 138 valence electrons. The number of aromatic nitrogens is 1. The number of hydrogen-bond acceptors (Lipinski definition) is 5. The molecule has 1 aromatic heterocycles. The third kappa shape index (κ3) is 4.12. The van der Waals surface area contributed by atoms with Crippen LogP contribution in [0.25, 0.3) is 11.3 Å². The Balaban J connectivity index is 1.86. The van der Waals surface area contributed by atoms with Crippen LogP contribution in [0.3, 0.4) is 0 Å². The van der Waals surface area contributed by atoms with Gasteiger partial charge in [0.1, 0.15) is 11.6 Å². The number of amides is 2. The molecule has 8 heteroatoms. The fourth-order valence-corrected chi connectivity index (χ4v) is 2.41. The lowest BCUT2D eigenvalue weighted by Gasteiger charge is -2.12. The van der Waals surface area contributed by atoms with Crippen LogP contribution in [-0.4, -0.2) is 24.1 Å². The highest BCUT2D eigenvalue weighted by Gasteiger charge is 2.17. The molecule has 0 spiro atoms. The van der Waals surface area contributed by atoms with Gasteiger partial charge in [-0.05, 0) is 24.3 Å². The third-order valence-corrected chi connectivity index (χ3v) is 3.67. The number of methoxy groups -OCH3 is 1. The van der Waals surface area contributed by atoms with Crippen molar-refractivity contribution in [3.8, 4) is 17.1 Å². The molecule has 0 saturated carbocycles. The Labute approximate surface area is 154 Å². The van der Waals surface area contributed by atoms with Crippen LogP contribution < -0.4 is 15.4 Å². The van der Waals surface area contributed by atoms with E-state index in [0.29, 0.717) is 17.1 Å². The zero-order chi connectivity index (χ0) is 19.4. The first-order valence-electron chi connectivity index (χ1n) is 7.96. The molecule has 0 aliphatic heterocycles. The highest BCUT2D eigenvalue weighted by Crippen LogP contribution is 2.28. The summed E-state index contributed by atoms with van der Waals surface area (Å²) in [6.07, 6.45) is 0. The molecule has 0 aliphatic carbocycles. The molecule has 2 aromatic carbocycles. The van der Waals surface area contributed by atoms with E-state index in [1.807, 2.05) is 0 Å². The predicted octanol–water partition coefficient (Wildman–Crippen LogP) is 3.70. The second kappa shape index (κ2) is 7.69. The smallest absolute Gasteiger partial charge is 0.277 e. The molecule has 0 bridgehead atoms. The second-order valence-corrected chi connectivity index (χ2v) is 5.60. The topological polar surface area (TPSA) is 93.5 Å². The van der Waals surface area contributed by atoms with Crippen LogP contribution in [-0.2, 0) is 4.79 Å². The number of anilines is 2. The number of carbonyl (C=O) groups excluding carboxylic acids is 2. The van der Waals surface area contributed by atoms with Crippen molar-refractivity contribution >= 4 is 23.2 Å². The Morgan fingerprint density at radius 2 is 1.85 bits per heavy atom. The Kier molecular flexibility index (Phi) is 5.16. The van der Waals surface area contributed by atoms with E-state index in [-0.39, 0.29) is 22.9 Å². The van der Waals surface area contributed by atoms with Gasteiger partial charge in [0.25, 0.3) is 5.91 Å². The van der Waals surface area contributed by atoms with Gasteiger partial charge in [0.05, 0.1) is 24.0 Å². The number of ether oxygens (including phenoxy) is 1. The molecule has 0 atom stereocenters. The standard InChI is InChI=1S/C19H16FN3O4/c1-11(24)21-15-8-7-12(26-2)9-16(15)22-19(25)17-10-18(27-23-17)13-5-3-4-6-14(13)20/h3-10H,1-2H3,(H,21,24)(H,22,25). The highest BCUT2D eigenvalue weighted by molar-refractivity contribution is 6.06. The van der Waals surface area contributed by atoms with Gasteiger partial charge < -0.3 is 19.9 Å². The molecular weight excluding hydrogens is 353 g/mol. The van der Waals surface area contributed by atoms with Crippen molar-refractivity contribution in [1.82, 2.24) is 5.16 Å². The van der Waals surface area contributed by atoms with E-state index >= 15 is 0 Å². The van der Waals surface area contributed by atoms with Crippen LogP contribution in [0.1, 0.15) is 17.4 Å². The van der Waals surface area contributed by atoms with Crippen molar-refractivity contribution in [1.29, 1.82) is 0 Å². The summed E-state index contributed by atoms with van der Waals surface area (Å²) >= 11 is 0. The highest BCUT2D eigenvalue weighted by atomic mass is 19.1. The van der Waals surface area contributed by atoms with Gasteiger partial charge in [-0.25, -0.2) is 4.39 Å². The maximum atomic E-state index is 13.8. The number of nitrogens with zero attached hydrogens (tertiary/aromatic N) is 1. The quantitative estimate of drug-likeness (QED) is 0.715. The van der Waals surface area contributed by atoms with E-state index in [0.717, 1.165) is 0 Å². The molecule has 2 N–H and O–H groups in total. The minimum Gasteiger partial charge on any atom is -0.497 e. The van der Waals surface area contributed by atoms with E-state index in [4.69, 9.17) is 9.26 Å². The van der Waals surface area contributed by atoms with Gasteiger partial charge in [0.2, 0.25) is 5.91 Å². The number of hydrogen-bond donors (Lipinski definition) is 2. The molecule has 0 saturated heterocycles. The summed E-state index contributed by atoms with van der Waals surface area (Å²) in [5.74, 6) is -0.737. The lowest BCUT2D eigenvalue weighted by Crippen LogP contribution is -2.15. The fraction of sp³-hybridized carbons (Fsp3) is 0.105. The van der Waals surface area contributed by atoms with Crippen LogP contribution in [0, 0.1) is 5.82 Å². The van der Waals surface area contributed by atoms with Crippen LogP contribution in [0.4, 0.5) is 15.8 Å². The first-order chi connectivity index (χ1) is 13.0. The summed E-state index contributed by atoms with van der Waals surface area (Å²) in [4.78, 5) is 23.9. The van der Waals surface area contributed by atoms with Crippen molar-refractivity contribution in [2.45, 2.75) is 6.92 Å². The largest absolute Gasteiger partial charge is 0.497 e. The molecule has 0 radical (unpaired) electrons. The monoisotopic (exact) mass is 369 g/mol. The lowest BCUT2D eigenvalue weighted by molar-refractivity contribution is -0.114. The SMILES string of the molecule is COc1ccc(NC(C)=O)c(NC(=O)c2cc(-c3ccccc3F)on2)c1. The fourth-order valence-electron chi connectivity index (χ4n) is 2.41.